The molecule has 0 bridgehead atoms. The van der Waals surface area contributed by atoms with Gasteiger partial charge in [0.1, 0.15) is 24.0 Å². The van der Waals surface area contributed by atoms with E-state index in [0.717, 1.165) is 5.56 Å². The van der Waals surface area contributed by atoms with Crippen molar-refractivity contribution in [3.63, 3.8) is 0 Å². The second-order valence-electron chi connectivity index (χ2n) is 6.88. The van der Waals surface area contributed by atoms with Crippen molar-refractivity contribution in [3.05, 3.63) is 88.5 Å². The smallest absolute Gasteiger partial charge is 0.266 e. The lowest BCUT2D eigenvalue weighted by atomic mass is 10.1. The van der Waals surface area contributed by atoms with Gasteiger partial charge in [0.15, 0.2) is 11.5 Å². The first kappa shape index (κ1) is 23.7. The summed E-state index contributed by atoms with van der Waals surface area (Å²) in [4.78, 5) is 12.6. The van der Waals surface area contributed by atoms with Crippen molar-refractivity contribution in [2.75, 3.05) is 19.0 Å². The molecule has 0 aromatic heterocycles. The predicted octanol–water partition coefficient (Wildman–Crippen LogP) is 5.87. The molecule has 0 saturated carbocycles. The first-order chi connectivity index (χ1) is 16.0. The molecule has 0 aliphatic heterocycles. The average molecular weight is 463 g/mol. The van der Waals surface area contributed by atoms with Crippen molar-refractivity contribution in [2.45, 2.75) is 13.5 Å². The summed E-state index contributed by atoms with van der Waals surface area (Å²) in [5, 5.41) is 12.9. The highest BCUT2D eigenvalue weighted by molar-refractivity contribution is 6.31. The van der Waals surface area contributed by atoms with E-state index in [0.29, 0.717) is 40.1 Å². The molecule has 0 unspecified atom stereocenters. The Bertz CT molecular complexity index is 1200. The molecule has 7 heteroatoms. The number of hydrogen-bond donors (Lipinski definition) is 1. The highest BCUT2D eigenvalue weighted by Crippen LogP contribution is 2.30. The predicted molar refractivity (Wildman–Crippen MR) is 129 cm³/mol. The van der Waals surface area contributed by atoms with Crippen LogP contribution in [-0.4, -0.2) is 19.6 Å². The molecule has 3 aromatic carbocycles. The molecule has 0 aliphatic carbocycles. The van der Waals surface area contributed by atoms with Crippen molar-refractivity contribution in [1.82, 2.24) is 0 Å². The van der Waals surface area contributed by atoms with E-state index in [2.05, 4.69) is 5.32 Å². The largest absolute Gasteiger partial charge is 0.494 e. The molecule has 0 spiro atoms. The molecule has 1 N–H and O–H groups in total. The molecule has 6 nitrogen and oxygen atoms in total. The van der Waals surface area contributed by atoms with E-state index >= 15 is 0 Å². The number of nitrogens with zero attached hydrogens (tertiary/aromatic N) is 1. The fourth-order valence-electron chi connectivity index (χ4n) is 3.01. The zero-order chi connectivity index (χ0) is 23.6. The van der Waals surface area contributed by atoms with Gasteiger partial charge in [-0.15, -0.1) is 0 Å². The van der Waals surface area contributed by atoms with Gasteiger partial charge in [-0.1, -0.05) is 41.9 Å². The topological polar surface area (TPSA) is 80.6 Å². The number of halogens is 1. The van der Waals surface area contributed by atoms with Gasteiger partial charge in [0, 0.05) is 22.3 Å². The van der Waals surface area contributed by atoms with E-state index in [9.17, 15) is 10.1 Å². The van der Waals surface area contributed by atoms with Crippen LogP contribution in [0.15, 0.2) is 72.3 Å². The van der Waals surface area contributed by atoms with Crippen LogP contribution in [0, 0.1) is 11.3 Å². The van der Waals surface area contributed by atoms with E-state index < -0.39 is 5.91 Å². The van der Waals surface area contributed by atoms with Gasteiger partial charge < -0.3 is 19.5 Å². The Hall–Kier alpha value is -3.95. The Morgan fingerprint density at radius 2 is 1.88 bits per heavy atom. The highest BCUT2D eigenvalue weighted by atomic mass is 35.5. The Morgan fingerprint density at radius 3 is 2.61 bits per heavy atom. The Balaban J connectivity index is 1.75. The first-order valence-electron chi connectivity index (χ1n) is 10.2. The molecule has 1 amide bonds. The number of methoxy groups -OCH3 is 1. The van der Waals surface area contributed by atoms with Gasteiger partial charge in [0.05, 0.1) is 13.7 Å². The van der Waals surface area contributed by atoms with E-state index in [-0.39, 0.29) is 12.2 Å². The molecular formula is C26H23ClN2O4. The van der Waals surface area contributed by atoms with Crippen LogP contribution in [0.3, 0.4) is 0 Å². The average Bonchev–Trinajstić information content (AvgIpc) is 2.82. The molecule has 0 saturated heterocycles. The van der Waals surface area contributed by atoms with Gasteiger partial charge in [-0.05, 0) is 48.9 Å². The normalized spacial score (nSPS) is 10.8. The Labute approximate surface area is 198 Å². The number of anilines is 1. The number of amides is 1. The maximum absolute atomic E-state index is 12.6. The second-order valence-corrected chi connectivity index (χ2v) is 7.28. The van der Waals surface area contributed by atoms with Crippen molar-refractivity contribution in [3.8, 4) is 23.3 Å². The van der Waals surface area contributed by atoms with Gasteiger partial charge in [-0.25, -0.2) is 0 Å². The molecule has 0 atom stereocenters. The molecule has 3 aromatic rings. The van der Waals surface area contributed by atoms with Crippen LogP contribution in [0.2, 0.25) is 5.02 Å². The zero-order valence-corrected chi connectivity index (χ0v) is 19.1. The number of carbonyl (C=O) groups is 1. The number of carbonyl (C=O) groups excluding carboxylic acids is 1. The summed E-state index contributed by atoms with van der Waals surface area (Å²) >= 11 is 6.18. The number of rotatable bonds is 9. The van der Waals surface area contributed by atoms with Crippen molar-refractivity contribution < 1.29 is 19.0 Å². The van der Waals surface area contributed by atoms with Crippen LogP contribution in [0.4, 0.5) is 5.69 Å². The minimum absolute atomic E-state index is 0.0522. The van der Waals surface area contributed by atoms with Crippen LogP contribution in [0.25, 0.3) is 6.08 Å². The van der Waals surface area contributed by atoms with Crippen LogP contribution < -0.4 is 19.5 Å². The van der Waals surface area contributed by atoms with Crippen LogP contribution in [0.1, 0.15) is 18.1 Å². The van der Waals surface area contributed by atoms with Gasteiger partial charge in [-0.3, -0.25) is 4.79 Å². The number of benzene rings is 3. The van der Waals surface area contributed by atoms with E-state index in [1.807, 2.05) is 31.2 Å². The fourth-order valence-corrected chi connectivity index (χ4v) is 3.20. The molecule has 0 fully saturated rings. The van der Waals surface area contributed by atoms with Gasteiger partial charge in [-0.2, -0.15) is 5.26 Å². The minimum Gasteiger partial charge on any atom is -0.494 e. The van der Waals surface area contributed by atoms with E-state index in [1.165, 1.54) is 13.2 Å². The Kier molecular flexibility index (Phi) is 8.34. The molecule has 0 radical (unpaired) electrons. The molecular weight excluding hydrogens is 440 g/mol. The molecule has 168 valence electrons. The zero-order valence-electron chi connectivity index (χ0n) is 18.3. The van der Waals surface area contributed by atoms with Crippen molar-refractivity contribution in [1.29, 1.82) is 5.26 Å². The molecule has 33 heavy (non-hydrogen) atoms. The lowest BCUT2D eigenvalue weighted by molar-refractivity contribution is -0.112. The lowest BCUT2D eigenvalue weighted by Crippen LogP contribution is -2.13. The number of hydrogen-bond acceptors (Lipinski definition) is 5. The molecule has 0 heterocycles. The number of nitrogens with one attached hydrogen (secondary N) is 1. The summed E-state index contributed by atoms with van der Waals surface area (Å²) in [7, 11) is 1.52. The summed E-state index contributed by atoms with van der Waals surface area (Å²) in [5.41, 5.74) is 1.95. The third-order valence-electron chi connectivity index (χ3n) is 4.61. The van der Waals surface area contributed by atoms with Gasteiger partial charge in [0.25, 0.3) is 5.91 Å². The highest BCUT2D eigenvalue weighted by Gasteiger charge is 2.12. The van der Waals surface area contributed by atoms with Crippen LogP contribution in [0.5, 0.6) is 17.2 Å². The quantitative estimate of drug-likeness (QED) is 0.317. The van der Waals surface area contributed by atoms with Gasteiger partial charge in [0.2, 0.25) is 0 Å². The maximum Gasteiger partial charge on any atom is 0.266 e. The third kappa shape index (κ3) is 6.52. The van der Waals surface area contributed by atoms with E-state index in [1.54, 1.807) is 48.5 Å². The monoisotopic (exact) mass is 462 g/mol. The molecule has 3 rings (SSSR count). The van der Waals surface area contributed by atoms with E-state index in [4.69, 9.17) is 25.8 Å². The summed E-state index contributed by atoms with van der Waals surface area (Å²) in [5.74, 6) is 1.10. The van der Waals surface area contributed by atoms with Crippen molar-refractivity contribution >= 4 is 29.3 Å². The lowest BCUT2D eigenvalue weighted by Gasteiger charge is -2.12. The fraction of sp³-hybridized carbons (Fsp3) is 0.154. The first-order valence-corrected chi connectivity index (χ1v) is 10.6. The number of nitriles is 1. The van der Waals surface area contributed by atoms with Crippen LogP contribution in [-0.2, 0) is 11.4 Å². The Morgan fingerprint density at radius 1 is 1.06 bits per heavy atom. The molecule has 0 aliphatic rings. The second kappa shape index (κ2) is 11.6. The standard InChI is InChI=1S/C26H23ClN2O4/c1-3-32-22-9-6-8-21(15-22)29-26(30)20(16-28)13-18-11-12-24(25(14-18)31-2)33-17-19-7-4-5-10-23(19)27/h4-15H,3,17H2,1-2H3,(H,29,30)/b20-13-. The maximum atomic E-state index is 12.6. The minimum atomic E-state index is -0.524. The van der Waals surface area contributed by atoms with Gasteiger partial charge >= 0.3 is 0 Å². The number of ether oxygens (including phenoxy) is 3. The SMILES string of the molecule is CCOc1cccc(NC(=O)/C(C#N)=C\c2ccc(OCc3ccccc3Cl)c(OC)c2)c1. The summed E-state index contributed by atoms with van der Waals surface area (Å²) in [6, 6.07) is 21.5. The van der Waals surface area contributed by atoms with Crippen molar-refractivity contribution in [2.24, 2.45) is 0 Å². The summed E-state index contributed by atoms with van der Waals surface area (Å²) in [6.07, 6.45) is 1.49. The van der Waals surface area contributed by atoms with Crippen LogP contribution >= 0.6 is 11.6 Å². The summed E-state index contributed by atoms with van der Waals surface area (Å²) in [6.45, 7) is 2.67. The third-order valence-corrected chi connectivity index (χ3v) is 4.98. The summed E-state index contributed by atoms with van der Waals surface area (Å²) < 4.78 is 16.7.